The fourth-order valence-electron chi connectivity index (χ4n) is 3.51. The Balaban J connectivity index is 1.82. The maximum Gasteiger partial charge on any atom is 0.311 e. The quantitative estimate of drug-likeness (QED) is 0.516. The molecule has 0 saturated heterocycles. The van der Waals surface area contributed by atoms with Gasteiger partial charge in [0, 0.05) is 11.3 Å². The van der Waals surface area contributed by atoms with E-state index in [1.165, 1.54) is 11.3 Å². The van der Waals surface area contributed by atoms with Crippen molar-refractivity contribution in [2.75, 3.05) is 11.9 Å². The zero-order valence-corrected chi connectivity index (χ0v) is 18.2. The third kappa shape index (κ3) is 5.13. The van der Waals surface area contributed by atoms with Crippen LogP contribution in [0, 0.1) is 5.41 Å². The fraction of sp³-hybridized carbons (Fsp3) is 0.292. The van der Waals surface area contributed by atoms with Crippen LogP contribution in [0.5, 0.6) is 0 Å². The first kappa shape index (κ1) is 21.7. The van der Waals surface area contributed by atoms with E-state index in [2.05, 4.69) is 10.3 Å². The summed E-state index contributed by atoms with van der Waals surface area (Å²) in [5, 5.41) is 5.19. The lowest BCUT2D eigenvalue weighted by Gasteiger charge is -2.33. The van der Waals surface area contributed by atoms with Gasteiger partial charge in [0.25, 0.3) is 0 Å². The van der Waals surface area contributed by atoms with Crippen LogP contribution in [0.4, 0.5) is 5.13 Å². The predicted octanol–water partition coefficient (Wildman–Crippen LogP) is 5.05. The number of esters is 1. The summed E-state index contributed by atoms with van der Waals surface area (Å²) >= 11 is 1.31. The molecule has 0 bridgehead atoms. The van der Waals surface area contributed by atoms with E-state index >= 15 is 0 Å². The fourth-order valence-corrected chi connectivity index (χ4v) is 4.22. The largest absolute Gasteiger partial charge is 0.466 e. The van der Waals surface area contributed by atoms with Gasteiger partial charge in [0.15, 0.2) is 5.13 Å². The molecule has 1 N–H and O–H groups in total. The van der Waals surface area contributed by atoms with Crippen LogP contribution in [0.3, 0.4) is 0 Å². The molecule has 0 aliphatic carbocycles. The van der Waals surface area contributed by atoms with Gasteiger partial charge in [-0.3, -0.25) is 9.59 Å². The molecule has 0 fully saturated rings. The normalized spacial score (nSPS) is 11.3. The lowest BCUT2D eigenvalue weighted by Crippen LogP contribution is -2.37. The van der Waals surface area contributed by atoms with Crippen molar-refractivity contribution in [3.8, 4) is 0 Å². The molecule has 2 aromatic carbocycles. The average molecular weight is 423 g/mol. The van der Waals surface area contributed by atoms with E-state index in [9.17, 15) is 9.59 Å². The van der Waals surface area contributed by atoms with E-state index in [4.69, 9.17) is 4.74 Å². The Labute approximate surface area is 181 Å². The Morgan fingerprint density at radius 1 is 1.03 bits per heavy atom. The Hall–Kier alpha value is -2.99. The topological polar surface area (TPSA) is 68.3 Å². The van der Waals surface area contributed by atoms with E-state index in [0.717, 1.165) is 11.1 Å². The number of aromatic nitrogens is 1. The minimum atomic E-state index is -0.740. The first-order valence-corrected chi connectivity index (χ1v) is 10.8. The minimum Gasteiger partial charge on any atom is -0.466 e. The zero-order valence-electron chi connectivity index (χ0n) is 17.4. The summed E-state index contributed by atoms with van der Waals surface area (Å²) in [5.41, 5.74) is 2.00. The van der Waals surface area contributed by atoms with Crippen LogP contribution in [0.1, 0.15) is 43.5 Å². The Bertz CT molecular complexity index is 944. The number of nitrogens with one attached hydrogen (secondary N) is 1. The number of hydrogen-bond acceptors (Lipinski definition) is 5. The first-order valence-electron chi connectivity index (χ1n) is 9.93. The van der Waals surface area contributed by atoms with Crippen LogP contribution in [0.25, 0.3) is 0 Å². The van der Waals surface area contributed by atoms with Crippen molar-refractivity contribution in [2.45, 2.75) is 33.1 Å². The van der Waals surface area contributed by atoms with E-state index in [1.54, 1.807) is 12.3 Å². The molecule has 0 spiro atoms. The van der Waals surface area contributed by atoms with Crippen molar-refractivity contribution in [1.29, 1.82) is 0 Å². The van der Waals surface area contributed by atoms with Gasteiger partial charge in [0.2, 0.25) is 5.91 Å². The van der Waals surface area contributed by atoms with Gasteiger partial charge in [0.1, 0.15) is 0 Å². The smallest absolute Gasteiger partial charge is 0.311 e. The van der Waals surface area contributed by atoms with E-state index in [-0.39, 0.29) is 24.2 Å². The second-order valence-corrected chi connectivity index (χ2v) is 8.41. The van der Waals surface area contributed by atoms with Crippen molar-refractivity contribution in [1.82, 2.24) is 4.98 Å². The molecule has 156 valence electrons. The average Bonchev–Trinajstić information content (AvgIpc) is 3.16. The molecule has 1 heterocycles. The van der Waals surface area contributed by atoms with Gasteiger partial charge in [-0.1, -0.05) is 74.5 Å². The second-order valence-electron chi connectivity index (χ2n) is 7.56. The van der Waals surface area contributed by atoms with Crippen LogP contribution in [0.2, 0.25) is 0 Å². The summed E-state index contributed by atoms with van der Waals surface area (Å²) in [4.78, 5) is 29.4. The summed E-state index contributed by atoms with van der Waals surface area (Å²) in [6.07, 6.45) is 0.0975. The SMILES string of the molecule is CCOC(=O)Cc1csc(NC(=O)C(C)(C)C(c2ccccc2)c2ccccc2)n1. The highest BCUT2D eigenvalue weighted by atomic mass is 32.1. The van der Waals surface area contributed by atoms with Gasteiger partial charge >= 0.3 is 5.97 Å². The summed E-state index contributed by atoms with van der Waals surface area (Å²) in [7, 11) is 0. The molecule has 6 heteroatoms. The lowest BCUT2D eigenvalue weighted by molar-refractivity contribution is -0.142. The molecule has 0 saturated carbocycles. The van der Waals surface area contributed by atoms with Crippen molar-refractivity contribution in [3.63, 3.8) is 0 Å². The Kier molecular flexibility index (Phi) is 7.00. The Morgan fingerprint density at radius 3 is 2.13 bits per heavy atom. The number of hydrogen-bond donors (Lipinski definition) is 1. The number of thiazole rings is 1. The molecule has 3 rings (SSSR count). The highest BCUT2D eigenvalue weighted by Gasteiger charge is 2.39. The van der Waals surface area contributed by atoms with Gasteiger partial charge in [0.05, 0.1) is 24.1 Å². The standard InChI is InChI=1S/C24H26N2O3S/c1-4-29-20(27)15-19-16-30-23(25-19)26-22(28)24(2,3)21(17-11-7-5-8-12-17)18-13-9-6-10-14-18/h5-14,16,21H,4,15H2,1-3H3,(H,25,26,28). The summed E-state index contributed by atoms with van der Waals surface area (Å²) in [6.45, 7) is 5.99. The number of ether oxygens (including phenoxy) is 1. The zero-order chi connectivity index (χ0) is 21.6. The lowest BCUT2D eigenvalue weighted by atomic mass is 9.70. The van der Waals surface area contributed by atoms with Gasteiger partial charge < -0.3 is 10.1 Å². The maximum absolute atomic E-state index is 13.3. The van der Waals surface area contributed by atoms with Crippen molar-refractivity contribution in [2.24, 2.45) is 5.41 Å². The molecule has 0 radical (unpaired) electrons. The summed E-state index contributed by atoms with van der Waals surface area (Å²) in [5.74, 6) is -0.578. The minimum absolute atomic E-state index is 0.0975. The van der Waals surface area contributed by atoms with Gasteiger partial charge in [-0.25, -0.2) is 4.98 Å². The highest BCUT2D eigenvalue weighted by molar-refractivity contribution is 7.13. The van der Waals surface area contributed by atoms with Crippen LogP contribution < -0.4 is 5.32 Å². The van der Waals surface area contributed by atoms with Crippen LogP contribution in [0.15, 0.2) is 66.0 Å². The number of amides is 1. The van der Waals surface area contributed by atoms with Crippen molar-refractivity contribution < 1.29 is 14.3 Å². The molecule has 1 amide bonds. The Morgan fingerprint density at radius 2 is 1.60 bits per heavy atom. The molecule has 30 heavy (non-hydrogen) atoms. The van der Waals surface area contributed by atoms with Crippen molar-refractivity contribution in [3.05, 3.63) is 82.9 Å². The van der Waals surface area contributed by atoms with Gasteiger partial charge in [-0.05, 0) is 18.1 Å². The number of nitrogens with zero attached hydrogens (tertiary/aromatic N) is 1. The van der Waals surface area contributed by atoms with Crippen LogP contribution in [-0.2, 0) is 20.7 Å². The molecule has 0 aliphatic heterocycles. The third-order valence-corrected chi connectivity index (χ3v) is 5.78. The number of rotatable bonds is 8. The molecule has 0 atom stereocenters. The number of anilines is 1. The number of carbonyl (C=O) groups excluding carboxylic acids is 2. The first-order chi connectivity index (χ1) is 14.4. The summed E-state index contributed by atoms with van der Waals surface area (Å²) in [6, 6.07) is 20.1. The molecular formula is C24H26N2O3S. The molecule has 3 aromatic rings. The van der Waals surface area contributed by atoms with Crippen molar-refractivity contribution >= 4 is 28.3 Å². The second kappa shape index (κ2) is 9.67. The molecule has 5 nitrogen and oxygen atoms in total. The number of carbonyl (C=O) groups is 2. The summed E-state index contributed by atoms with van der Waals surface area (Å²) < 4.78 is 4.96. The van der Waals surface area contributed by atoms with Crippen LogP contribution >= 0.6 is 11.3 Å². The van der Waals surface area contributed by atoms with Gasteiger partial charge in [-0.2, -0.15) is 0 Å². The van der Waals surface area contributed by atoms with E-state index in [1.807, 2.05) is 74.5 Å². The van der Waals surface area contributed by atoms with E-state index < -0.39 is 5.41 Å². The van der Waals surface area contributed by atoms with Gasteiger partial charge in [-0.15, -0.1) is 11.3 Å². The monoisotopic (exact) mass is 422 g/mol. The molecular weight excluding hydrogens is 396 g/mol. The highest BCUT2D eigenvalue weighted by Crippen LogP contribution is 2.41. The number of benzene rings is 2. The third-order valence-electron chi connectivity index (χ3n) is 4.98. The van der Waals surface area contributed by atoms with Crippen LogP contribution in [-0.4, -0.2) is 23.5 Å². The maximum atomic E-state index is 13.3. The van der Waals surface area contributed by atoms with E-state index in [0.29, 0.717) is 17.4 Å². The molecule has 0 unspecified atom stereocenters. The molecule has 1 aromatic heterocycles. The molecule has 0 aliphatic rings. The predicted molar refractivity (Wildman–Crippen MR) is 120 cm³/mol.